The molecular formula is C22H31N5O3. The van der Waals surface area contributed by atoms with E-state index in [0.717, 1.165) is 64.1 Å². The summed E-state index contributed by atoms with van der Waals surface area (Å²) in [7, 11) is 0. The Hall–Kier alpha value is -2.19. The van der Waals surface area contributed by atoms with Crippen molar-refractivity contribution in [3.05, 3.63) is 17.8 Å². The lowest BCUT2D eigenvalue weighted by molar-refractivity contribution is -0.117. The lowest BCUT2D eigenvalue weighted by Crippen LogP contribution is -2.50. The quantitative estimate of drug-likeness (QED) is 0.774. The molecule has 1 aromatic rings. The number of carbonyl (C=O) groups excluding carboxylic acids is 2. The van der Waals surface area contributed by atoms with Gasteiger partial charge in [-0.3, -0.25) is 14.5 Å². The van der Waals surface area contributed by atoms with Gasteiger partial charge in [-0.05, 0) is 57.1 Å². The fourth-order valence-electron chi connectivity index (χ4n) is 4.99. The molecule has 8 nitrogen and oxygen atoms in total. The molecule has 5 rings (SSSR count). The number of aliphatic hydroxyl groups excluding tert-OH is 1. The van der Waals surface area contributed by atoms with E-state index < -0.39 is 0 Å². The summed E-state index contributed by atoms with van der Waals surface area (Å²) in [6, 6.07) is 2.28. The monoisotopic (exact) mass is 413 g/mol. The third kappa shape index (κ3) is 4.03. The first kappa shape index (κ1) is 19.8. The first-order valence-corrected chi connectivity index (χ1v) is 11.3. The van der Waals surface area contributed by atoms with Crippen LogP contribution in [0.4, 0.5) is 11.5 Å². The number of aliphatic hydroxyl groups is 1. The molecule has 1 saturated carbocycles. The van der Waals surface area contributed by atoms with Crippen LogP contribution in [0.3, 0.4) is 0 Å². The number of aromatic nitrogens is 1. The molecule has 2 N–H and O–H groups in total. The van der Waals surface area contributed by atoms with Gasteiger partial charge in [0.05, 0.1) is 23.9 Å². The van der Waals surface area contributed by atoms with Crippen molar-refractivity contribution in [2.75, 3.05) is 49.5 Å². The topological polar surface area (TPSA) is 89.0 Å². The third-order valence-electron chi connectivity index (χ3n) is 6.95. The van der Waals surface area contributed by atoms with E-state index in [4.69, 9.17) is 0 Å². The number of hydrogen-bond donors (Lipinski definition) is 2. The van der Waals surface area contributed by atoms with Crippen LogP contribution in [0.15, 0.2) is 12.3 Å². The highest BCUT2D eigenvalue weighted by Crippen LogP contribution is 2.35. The van der Waals surface area contributed by atoms with Crippen molar-refractivity contribution >= 4 is 23.3 Å². The molecule has 162 valence electrons. The highest BCUT2D eigenvalue weighted by molar-refractivity contribution is 6.04. The molecule has 1 atom stereocenters. The predicted octanol–water partition coefficient (Wildman–Crippen LogP) is 1.31. The minimum atomic E-state index is -0.213. The molecule has 1 aliphatic carbocycles. The molecular weight excluding hydrogens is 382 g/mol. The van der Waals surface area contributed by atoms with Gasteiger partial charge in [0.25, 0.3) is 5.91 Å². The number of fused-ring (bicyclic) bond motifs is 1. The Morgan fingerprint density at radius 1 is 1.17 bits per heavy atom. The lowest BCUT2D eigenvalue weighted by atomic mass is 9.98. The van der Waals surface area contributed by atoms with E-state index in [2.05, 4.69) is 15.2 Å². The van der Waals surface area contributed by atoms with Crippen LogP contribution in [0.25, 0.3) is 0 Å². The number of carbonyl (C=O) groups is 2. The van der Waals surface area contributed by atoms with Crippen LogP contribution < -0.4 is 10.2 Å². The first-order chi connectivity index (χ1) is 14.6. The number of rotatable bonds is 4. The van der Waals surface area contributed by atoms with Crippen LogP contribution in [0.5, 0.6) is 0 Å². The number of pyridine rings is 1. The van der Waals surface area contributed by atoms with Gasteiger partial charge in [-0.15, -0.1) is 0 Å². The lowest BCUT2D eigenvalue weighted by Gasteiger charge is -2.41. The molecule has 2 saturated heterocycles. The van der Waals surface area contributed by atoms with Crippen molar-refractivity contribution in [3.63, 3.8) is 0 Å². The average Bonchev–Trinajstić information content (AvgIpc) is 3.59. The van der Waals surface area contributed by atoms with Crippen molar-refractivity contribution in [2.45, 2.75) is 50.7 Å². The largest absolute Gasteiger partial charge is 0.392 e. The zero-order chi connectivity index (χ0) is 20.7. The van der Waals surface area contributed by atoms with E-state index in [9.17, 15) is 14.7 Å². The number of β-amino-alcohol motifs (C(OH)–C–C–N with tert-alkyl or cyclic N) is 1. The van der Waals surface area contributed by atoms with Gasteiger partial charge in [0, 0.05) is 38.4 Å². The number of hydrogen-bond acceptors (Lipinski definition) is 6. The van der Waals surface area contributed by atoms with Gasteiger partial charge in [-0.1, -0.05) is 0 Å². The second-order valence-electron chi connectivity index (χ2n) is 9.21. The Balaban J connectivity index is 1.25. The van der Waals surface area contributed by atoms with E-state index in [-0.39, 0.29) is 24.5 Å². The predicted molar refractivity (Wildman–Crippen MR) is 114 cm³/mol. The van der Waals surface area contributed by atoms with Crippen LogP contribution in [0, 0.1) is 5.92 Å². The molecule has 1 aromatic heterocycles. The number of nitrogens with one attached hydrogen (secondary N) is 1. The van der Waals surface area contributed by atoms with E-state index in [0.29, 0.717) is 23.3 Å². The number of piperidine rings is 2. The zero-order valence-corrected chi connectivity index (χ0v) is 17.4. The normalized spacial score (nSPS) is 25.8. The van der Waals surface area contributed by atoms with Gasteiger partial charge in [0.2, 0.25) is 5.91 Å². The smallest absolute Gasteiger partial charge is 0.255 e. The summed E-state index contributed by atoms with van der Waals surface area (Å²) in [6.45, 7) is 4.22. The molecule has 3 fully saturated rings. The van der Waals surface area contributed by atoms with Gasteiger partial charge in [0.1, 0.15) is 5.82 Å². The fourth-order valence-corrected chi connectivity index (χ4v) is 4.99. The van der Waals surface area contributed by atoms with E-state index in [1.807, 2.05) is 11.0 Å². The molecule has 0 bridgehead atoms. The molecule has 1 unspecified atom stereocenters. The minimum absolute atomic E-state index is 0.00757. The molecule has 30 heavy (non-hydrogen) atoms. The molecule has 4 heterocycles. The Kier molecular flexibility index (Phi) is 5.37. The summed E-state index contributed by atoms with van der Waals surface area (Å²) in [6.07, 6.45) is 7.57. The summed E-state index contributed by atoms with van der Waals surface area (Å²) in [5, 5.41) is 13.0. The highest BCUT2D eigenvalue weighted by Gasteiger charge is 2.33. The molecule has 4 aliphatic rings. The number of nitrogens with zero attached hydrogens (tertiary/aromatic N) is 4. The van der Waals surface area contributed by atoms with Crippen LogP contribution in [-0.2, 0) is 4.79 Å². The standard InChI is InChI=1S/C22H31N5O3/c28-18-2-1-7-26(14-18)17-5-8-25(9-6-17)22(30)16-10-19-21(23-11-16)24-12-20(29)27(19)13-15-3-4-15/h10-11,15,17-18,28H,1-9,12-14H2,(H,23,24). The summed E-state index contributed by atoms with van der Waals surface area (Å²) in [4.78, 5) is 36.1. The molecule has 3 aliphatic heterocycles. The molecule has 8 heteroatoms. The van der Waals surface area contributed by atoms with Crippen molar-refractivity contribution in [1.29, 1.82) is 0 Å². The maximum Gasteiger partial charge on any atom is 0.255 e. The van der Waals surface area contributed by atoms with Crippen molar-refractivity contribution in [1.82, 2.24) is 14.8 Å². The van der Waals surface area contributed by atoms with Crippen LogP contribution in [0.2, 0.25) is 0 Å². The molecule has 0 radical (unpaired) electrons. The second-order valence-corrected chi connectivity index (χ2v) is 9.21. The summed E-state index contributed by atoms with van der Waals surface area (Å²) < 4.78 is 0. The van der Waals surface area contributed by atoms with Gasteiger partial charge in [-0.25, -0.2) is 4.98 Å². The van der Waals surface area contributed by atoms with Crippen LogP contribution in [0.1, 0.15) is 48.9 Å². The Labute approximate surface area is 177 Å². The first-order valence-electron chi connectivity index (χ1n) is 11.3. The summed E-state index contributed by atoms with van der Waals surface area (Å²) in [5.41, 5.74) is 1.29. The Morgan fingerprint density at radius 2 is 1.97 bits per heavy atom. The minimum Gasteiger partial charge on any atom is -0.392 e. The van der Waals surface area contributed by atoms with Crippen molar-refractivity contribution in [2.24, 2.45) is 5.92 Å². The second kappa shape index (κ2) is 8.15. The molecule has 0 spiro atoms. The van der Waals surface area contributed by atoms with E-state index in [1.165, 1.54) is 12.8 Å². The zero-order valence-electron chi connectivity index (χ0n) is 17.4. The van der Waals surface area contributed by atoms with Gasteiger partial charge < -0.3 is 20.2 Å². The molecule has 2 amide bonds. The van der Waals surface area contributed by atoms with Crippen molar-refractivity contribution in [3.8, 4) is 0 Å². The number of likely N-dealkylation sites (tertiary alicyclic amines) is 2. The Morgan fingerprint density at radius 3 is 2.70 bits per heavy atom. The SMILES string of the molecule is O=C(c1cnc2c(c1)N(CC1CC1)C(=O)CN2)N1CCC(N2CCCC(O)C2)CC1. The highest BCUT2D eigenvalue weighted by atomic mass is 16.3. The number of anilines is 2. The third-order valence-corrected chi connectivity index (χ3v) is 6.95. The average molecular weight is 414 g/mol. The van der Waals surface area contributed by atoms with Crippen LogP contribution >= 0.6 is 0 Å². The van der Waals surface area contributed by atoms with E-state index >= 15 is 0 Å². The molecule has 0 aromatic carbocycles. The number of amides is 2. The Bertz CT molecular complexity index is 819. The summed E-state index contributed by atoms with van der Waals surface area (Å²) in [5.74, 6) is 1.30. The summed E-state index contributed by atoms with van der Waals surface area (Å²) >= 11 is 0. The fraction of sp³-hybridized carbons (Fsp3) is 0.682. The van der Waals surface area contributed by atoms with Crippen LogP contribution in [-0.4, -0.2) is 83.1 Å². The van der Waals surface area contributed by atoms with Gasteiger partial charge in [-0.2, -0.15) is 0 Å². The van der Waals surface area contributed by atoms with Crippen molar-refractivity contribution < 1.29 is 14.7 Å². The van der Waals surface area contributed by atoms with Gasteiger partial charge >= 0.3 is 0 Å². The maximum atomic E-state index is 13.2. The van der Waals surface area contributed by atoms with Gasteiger partial charge in [0.15, 0.2) is 0 Å². The van der Waals surface area contributed by atoms with E-state index in [1.54, 1.807) is 11.1 Å². The maximum absolute atomic E-state index is 13.2.